The average molecular weight is 156 g/mol. The van der Waals surface area contributed by atoms with E-state index in [0.717, 1.165) is 0 Å². The second-order valence-electron chi connectivity index (χ2n) is 1.01. The van der Waals surface area contributed by atoms with Crippen molar-refractivity contribution in [2.45, 2.75) is 0 Å². The molecule has 0 heterocycles. The van der Waals surface area contributed by atoms with Crippen molar-refractivity contribution in [1.29, 1.82) is 0 Å². The van der Waals surface area contributed by atoms with Gasteiger partial charge in [-0.15, -0.1) is 0 Å². The summed E-state index contributed by atoms with van der Waals surface area (Å²) in [6, 6.07) is 0. The van der Waals surface area contributed by atoms with Gasteiger partial charge in [-0.1, -0.05) is 25.6 Å². The van der Waals surface area contributed by atoms with Crippen LogP contribution >= 0.6 is 37.8 Å². The maximum Gasteiger partial charge on any atom is 0.0300 e. The van der Waals surface area contributed by atoms with Crippen molar-refractivity contribution in [3.8, 4) is 0 Å². The molecule has 2 nitrogen and oxygen atoms in total. The molecule has 0 fully saturated rings. The summed E-state index contributed by atoms with van der Waals surface area (Å²) in [7, 11) is 3.67. The molecular formula is C2H8N2S3. The Morgan fingerprint density at radius 3 is 1.43 bits per heavy atom. The third kappa shape index (κ3) is 6.97. The molecule has 0 saturated heterocycles. The monoisotopic (exact) mass is 156 g/mol. The van der Waals surface area contributed by atoms with Crippen LogP contribution in [0.1, 0.15) is 0 Å². The topological polar surface area (TPSA) is 6.48 Å². The van der Waals surface area contributed by atoms with Gasteiger partial charge in [0.25, 0.3) is 0 Å². The zero-order chi connectivity index (χ0) is 5.86. The summed E-state index contributed by atoms with van der Waals surface area (Å²) in [6.07, 6.45) is 0. The summed E-state index contributed by atoms with van der Waals surface area (Å²) in [5, 5.41) is 0. The van der Waals surface area contributed by atoms with E-state index in [1.54, 1.807) is 7.42 Å². The third-order valence-electron chi connectivity index (χ3n) is 0.236. The summed E-state index contributed by atoms with van der Waals surface area (Å²) in [5.74, 6) is 0. The Balaban J connectivity index is 2.95. The lowest BCUT2D eigenvalue weighted by Crippen LogP contribution is -2.00. The minimum Gasteiger partial charge on any atom is -0.186 e. The molecule has 0 bridgehead atoms. The van der Waals surface area contributed by atoms with E-state index in [2.05, 4.69) is 25.6 Å². The molecule has 0 spiro atoms. The van der Waals surface area contributed by atoms with E-state index >= 15 is 0 Å². The van der Waals surface area contributed by atoms with Crippen LogP contribution in [0.15, 0.2) is 0 Å². The van der Waals surface area contributed by atoms with Gasteiger partial charge >= 0.3 is 0 Å². The maximum atomic E-state index is 3.94. The van der Waals surface area contributed by atoms with E-state index in [1.807, 2.05) is 14.1 Å². The minimum atomic E-state index is 1.40. The van der Waals surface area contributed by atoms with Gasteiger partial charge in [0, 0.05) is 26.2 Å². The molecule has 5 heteroatoms. The van der Waals surface area contributed by atoms with Crippen LogP contribution in [0.2, 0.25) is 0 Å². The Kier molecular flexibility index (Phi) is 4.45. The largest absolute Gasteiger partial charge is 0.186 e. The van der Waals surface area contributed by atoms with Crippen LogP contribution < -0.4 is 0 Å². The van der Waals surface area contributed by atoms with Crippen LogP contribution in [0.25, 0.3) is 0 Å². The second kappa shape index (κ2) is 3.91. The third-order valence-corrected chi connectivity index (χ3v) is 1.15. The van der Waals surface area contributed by atoms with Crippen molar-refractivity contribution in [2.24, 2.45) is 0 Å². The van der Waals surface area contributed by atoms with Gasteiger partial charge in [0.2, 0.25) is 0 Å². The Labute approximate surface area is 59.6 Å². The lowest BCUT2D eigenvalue weighted by molar-refractivity contribution is 0.864. The summed E-state index contributed by atoms with van der Waals surface area (Å²) in [6.45, 7) is 0. The van der Waals surface area contributed by atoms with E-state index in [1.165, 1.54) is 12.1 Å². The fourth-order valence-electron chi connectivity index (χ4n) is 0.171. The van der Waals surface area contributed by atoms with Crippen molar-refractivity contribution in [1.82, 2.24) is 7.42 Å². The number of hydrogen-bond acceptors (Lipinski definition) is 5. The fourth-order valence-corrected chi connectivity index (χ4v) is 1.34. The second-order valence-corrected chi connectivity index (χ2v) is 4.01. The van der Waals surface area contributed by atoms with Gasteiger partial charge in [-0.2, -0.15) is 7.42 Å². The minimum absolute atomic E-state index is 1.40. The highest BCUT2D eigenvalue weighted by Gasteiger charge is 1.91. The molecule has 0 aromatic rings. The van der Waals surface area contributed by atoms with Crippen LogP contribution in [0.4, 0.5) is 0 Å². The van der Waals surface area contributed by atoms with Gasteiger partial charge in [0.15, 0.2) is 0 Å². The van der Waals surface area contributed by atoms with Gasteiger partial charge in [0.05, 0.1) is 0 Å². The molecule has 0 atom stereocenters. The van der Waals surface area contributed by atoms with Gasteiger partial charge < -0.3 is 0 Å². The first-order valence-electron chi connectivity index (χ1n) is 1.66. The van der Waals surface area contributed by atoms with Crippen LogP contribution in [0.5, 0.6) is 0 Å². The van der Waals surface area contributed by atoms with Gasteiger partial charge in [-0.3, -0.25) is 0 Å². The van der Waals surface area contributed by atoms with Crippen molar-refractivity contribution in [3.05, 3.63) is 0 Å². The Morgan fingerprint density at radius 2 is 1.43 bits per heavy atom. The van der Waals surface area contributed by atoms with Gasteiger partial charge in [-0.25, -0.2) is 0 Å². The molecule has 0 aliphatic carbocycles. The Hall–Kier alpha value is 0.970. The molecule has 0 aromatic carbocycles. The fraction of sp³-hybridized carbons (Fsp3) is 1.00. The summed E-state index contributed by atoms with van der Waals surface area (Å²) in [5.41, 5.74) is 0. The zero-order valence-electron chi connectivity index (χ0n) is 4.20. The molecule has 0 radical (unpaired) electrons. The van der Waals surface area contributed by atoms with Crippen molar-refractivity contribution in [2.75, 3.05) is 14.1 Å². The lowest BCUT2D eigenvalue weighted by Gasteiger charge is -2.10. The van der Waals surface area contributed by atoms with E-state index in [9.17, 15) is 0 Å². The predicted octanol–water partition coefficient (Wildman–Crippen LogP) is 1.10. The van der Waals surface area contributed by atoms with E-state index in [0.29, 0.717) is 0 Å². The SMILES string of the molecule is CN(S)SN(C)S. The lowest BCUT2D eigenvalue weighted by atomic mass is 11.6. The molecule has 7 heavy (non-hydrogen) atoms. The summed E-state index contributed by atoms with van der Waals surface area (Å²) < 4.78 is 3.32. The van der Waals surface area contributed by atoms with E-state index in [-0.39, 0.29) is 0 Å². The van der Waals surface area contributed by atoms with Crippen LogP contribution in [-0.2, 0) is 0 Å². The number of hydrogen-bond donors (Lipinski definition) is 2. The smallest absolute Gasteiger partial charge is 0.0300 e. The van der Waals surface area contributed by atoms with Gasteiger partial charge in [-0.05, 0) is 0 Å². The van der Waals surface area contributed by atoms with Crippen molar-refractivity contribution >= 4 is 37.8 Å². The molecule has 0 amide bonds. The first-order chi connectivity index (χ1) is 3.13. The van der Waals surface area contributed by atoms with Crippen molar-refractivity contribution < 1.29 is 0 Å². The molecule has 0 saturated carbocycles. The molecular weight excluding hydrogens is 148 g/mol. The quantitative estimate of drug-likeness (QED) is 0.457. The highest BCUT2D eigenvalue weighted by molar-refractivity contribution is 8.09. The molecule has 0 aliphatic rings. The number of nitrogens with zero attached hydrogens (tertiary/aromatic N) is 2. The van der Waals surface area contributed by atoms with Crippen molar-refractivity contribution in [3.63, 3.8) is 0 Å². The molecule has 0 aromatic heterocycles. The van der Waals surface area contributed by atoms with E-state index < -0.39 is 0 Å². The zero-order valence-corrected chi connectivity index (χ0v) is 6.80. The highest BCUT2D eigenvalue weighted by atomic mass is 32.2. The molecule has 0 unspecified atom stereocenters. The number of rotatable bonds is 2. The summed E-state index contributed by atoms with van der Waals surface area (Å²) >= 11 is 9.29. The first-order valence-corrected chi connectivity index (χ1v) is 3.19. The Bertz CT molecular complexity index is 40.2. The standard InChI is InChI=1S/C2H8N2S3/c1-3(5)7-4(2)6/h5-6H,1-2H3. The molecule has 0 rings (SSSR count). The predicted molar refractivity (Wildman–Crippen MR) is 41.1 cm³/mol. The molecule has 0 aliphatic heterocycles. The van der Waals surface area contributed by atoms with Gasteiger partial charge in [0.1, 0.15) is 0 Å². The van der Waals surface area contributed by atoms with Crippen LogP contribution in [-0.4, -0.2) is 21.5 Å². The molecule has 44 valence electrons. The van der Waals surface area contributed by atoms with Crippen LogP contribution in [0, 0.1) is 0 Å². The Morgan fingerprint density at radius 1 is 1.14 bits per heavy atom. The maximum absolute atomic E-state index is 3.94. The van der Waals surface area contributed by atoms with Crippen LogP contribution in [0.3, 0.4) is 0 Å². The number of thiol groups is 2. The average Bonchev–Trinajstić information content (AvgIpc) is 1.27. The molecule has 0 N–H and O–H groups in total. The highest BCUT2D eigenvalue weighted by Crippen LogP contribution is 2.13. The van der Waals surface area contributed by atoms with E-state index in [4.69, 9.17) is 0 Å². The first kappa shape index (κ1) is 7.97. The summed E-state index contributed by atoms with van der Waals surface area (Å²) in [4.78, 5) is 0. The normalized spacial score (nSPS) is 11.1.